The van der Waals surface area contributed by atoms with Crippen molar-refractivity contribution in [3.05, 3.63) is 0 Å². The van der Waals surface area contributed by atoms with Gasteiger partial charge in [0.25, 0.3) is 0 Å². The molecule has 3 atom stereocenters. The third kappa shape index (κ3) is 2.01. The quantitative estimate of drug-likeness (QED) is 0.750. The summed E-state index contributed by atoms with van der Waals surface area (Å²) in [5.41, 5.74) is 0. The zero-order chi connectivity index (χ0) is 11.0. The molecule has 3 heterocycles. The summed E-state index contributed by atoms with van der Waals surface area (Å²) < 4.78 is 0. The molecule has 92 valence electrons. The van der Waals surface area contributed by atoms with Gasteiger partial charge in [0.05, 0.1) is 0 Å². The van der Waals surface area contributed by atoms with Gasteiger partial charge < -0.3 is 10.2 Å². The lowest BCUT2D eigenvalue weighted by molar-refractivity contribution is 0.155. The average molecular weight is 223 g/mol. The first kappa shape index (κ1) is 11.0. The molecule has 1 N–H and O–H groups in total. The number of nitrogens with one attached hydrogen (secondary N) is 1. The highest BCUT2D eigenvalue weighted by Crippen LogP contribution is 2.29. The number of nitrogens with zero attached hydrogens (tertiary/aromatic N) is 2. The van der Waals surface area contributed by atoms with Gasteiger partial charge in [0, 0.05) is 24.7 Å². The first-order valence-electron chi connectivity index (χ1n) is 7.02. The topological polar surface area (TPSA) is 18.5 Å². The van der Waals surface area contributed by atoms with E-state index in [1.165, 1.54) is 58.3 Å². The summed E-state index contributed by atoms with van der Waals surface area (Å²) in [4.78, 5) is 5.31. The molecule has 0 aromatic carbocycles. The molecule has 0 radical (unpaired) electrons. The fourth-order valence-corrected chi connectivity index (χ4v) is 3.92. The van der Waals surface area contributed by atoms with Gasteiger partial charge in [-0.1, -0.05) is 0 Å². The Hall–Kier alpha value is -0.120. The molecule has 3 unspecified atom stereocenters. The fraction of sp³-hybridized carbons (Fsp3) is 1.00. The number of likely N-dealkylation sites (N-methyl/N-ethyl adjacent to an activating group) is 1. The van der Waals surface area contributed by atoms with Gasteiger partial charge in [-0.25, -0.2) is 0 Å². The fourth-order valence-electron chi connectivity index (χ4n) is 3.92. The second kappa shape index (κ2) is 4.63. The van der Waals surface area contributed by atoms with Crippen molar-refractivity contribution in [3.8, 4) is 0 Å². The van der Waals surface area contributed by atoms with Gasteiger partial charge in [-0.3, -0.25) is 4.90 Å². The molecule has 3 aliphatic rings. The van der Waals surface area contributed by atoms with Crippen LogP contribution in [0.4, 0.5) is 0 Å². The zero-order valence-corrected chi connectivity index (χ0v) is 10.5. The lowest BCUT2D eigenvalue weighted by Crippen LogP contribution is -2.49. The normalized spacial score (nSPS) is 42.2. The van der Waals surface area contributed by atoms with Crippen molar-refractivity contribution in [1.82, 2.24) is 15.1 Å². The van der Waals surface area contributed by atoms with Crippen LogP contribution in [0.5, 0.6) is 0 Å². The molecule has 0 aliphatic carbocycles. The van der Waals surface area contributed by atoms with Crippen LogP contribution in [-0.2, 0) is 0 Å². The highest BCUT2D eigenvalue weighted by atomic mass is 15.3. The summed E-state index contributed by atoms with van der Waals surface area (Å²) in [6, 6.07) is 2.49. The van der Waals surface area contributed by atoms with E-state index in [0.29, 0.717) is 0 Å². The predicted octanol–water partition coefficient (Wildman–Crippen LogP) is 0.907. The van der Waals surface area contributed by atoms with Gasteiger partial charge in [-0.2, -0.15) is 0 Å². The van der Waals surface area contributed by atoms with Crippen LogP contribution < -0.4 is 5.32 Å². The van der Waals surface area contributed by atoms with Crippen LogP contribution in [0.3, 0.4) is 0 Å². The van der Waals surface area contributed by atoms with Gasteiger partial charge in [0.1, 0.15) is 0 Å². The second-order valence-corrected chi connectivity index (χ2v) is 5.85. The molecule has 0 saturated carbocycles. The van der Waals surface area contributed by atoms with E-state index in [2.05, 4.69) is 22.2 Å². The summed E-state index contributed by atoms with van der Waals surface area (Å²) in [5, 5.41) is 3.71. The smallest absolute Gasteiger partial charge is 0.0253 e. The van der Waals surface area contributed by atoms with Gasteiger partial charge >= 0.3 is 0 Å². The minimum absolute atomic E-state index is 0.799. The standard InChI is InChI=1S/C13H25N3/c1-15-9-6-11(10-15)16-8-3-5-13(16)12-4-2-7-14-12/h11-14H,2-10H2,1H3. The SMILES string of the molecule is CN1CCC(N2CCCC2C2CCCN2)C1. The largest absolute Gasteiger partial charge is 0.312 e. The summed E-state index contributed by atoms with van der Waals surface area (Å²) in [6.07, 6.45) is 7.03. The molecule has 3 rings (SSSR count). The van der Waals surface area contributed by atoms with Crippen LogP contribution in [0.25, 0.3) is 0 Å². The first-order chi connectivity index (χ1) is 7.84. The molecule has 3 fully saturated rings. The van der Waals surface area contributed by atoms with E-state index in [-0.39, 0.29) is 0 Å². The van der Waals surface area contributed by atoms with E-state index in [4.69, 9.17) is 0 Å². The monoisotopic (exact) mass is 223 g/mol. The van der Waals surface area contributed by atoms with Gasteiger partial charge in [-0.15, -0.1) is 0 Å². The predicted molar refractivity (Wildman–Crippen MR) is 66.7 cm³/mol. The number of rotatable bonds is 2. The molecular weight excluding hydrogens is 198 g/mol. The summed E-state index contributed by atoms with van der Waals surface area (Å²) >= 11 is 0. The maximum absolute atomic E-state index is 3.71. The highest BCUT2D eigenvalue weighted by Gasteiger charge is 2.38. The molecule has 16 heavy (non-hydrogen) atoms. The van der Waals surface area contributed by atoms with Crippen molar-refractivity contribution in [1.29, 1.82) is 0 Å². The number of hydrogen-bond donors (Lipinski definition) is 1. The molecule has 3 heteroatoms. The lowest BCUT2D eigenvalue weighted by Gasteiger charge is -2.34. The molecule has 3 saturated heterocycles. The average Bonchev–Trinajstić information content (AvgIpc) is 2.96. The van der Waals surface area contributed by atoms with Crippen LogP contribution in [0, 0.1) is 0 Å². The Morgan fingerprint density at radius 3 is 2.69 bits per heavy atom. The molecule has 0 aromatic heterocycles. The van der Waals surface area contributed by atoms with Crippen LogP contribution in [0.15, 0.2) is 0 Å². The Morgan fingerprint density at radius 1 is 1.06 bits per heavy atom. The minimum Gasteiger partial charge on any atom is -0.312 e. The summed E-state index contributed by atoms with van der Waals surface area (Å²) in [6.45, 7) is 5.19. The first-order valence-corrected chi connectivity index (χ1v) is 7.02. The molecule has 3 aliphatic heterocycles. The van der Waals surface area contributed by atoms with Gasteiger partial charge in [-0.05, 0) is 58.8 Å². The van der Waals surface area contributed by atoms with E-state index in [1.807, 2.05) is 0 Å². The molecular formula is C13H25N3. The van der Waals surface area contributed by atoms with Crippen molar-refractivity contribution >= 4 is 0 Å². The van der Waals surface area contributed by atoms with Crippen molar-refractivity contribution in [3.63, 3.8) is 0 Å². The third-order valence-electron chi connectivity index (χ3n) is 4.74. The van der Waals surface area contributed by atoms with E-state index in [0.717, 1.165) is 18.1 Å². The maximum atomic E-state index is 3.71. The van der Waals surface area contributed by atoms with E-state index in [9.17, 15) is 0 Å². The molecule has 3 nitrogen and oxygen atoms in total. The molecule has 0 spiro atoms. The van der Waals surface area contributed by atoms with E-state index < -0.39 is 0 Å². The second-order valence-electron chi connectivity index (χ2n) is 5.85. The minimum atomic E-state index is 0.799. The maximum Gasteiger partial charge on any atom is 0.0253 e. The van der Waals surface area contributed by atoms with Crippen molar-refractivity contribution in [2.75, 3.05) is 33.2 Å². The summed E-state index contributed by atoms with van der Waals surface area (Å²) in [5.74, 6) is 0. The van der Waals surface area contributed by atoms with Gasteiger partial charge in [0.15, 0.2) is 0 Å². The van der Waals surface area contributed by atoms with E-state index >= 15 is 0 Å². The Bertz CT molecular complexity index is 237. The third-order valence-corrected chi connectivity index (χ3v) is 4.74. The number of likely N-dealkylation sites (tertiary alicyclic amines) is 2. The van der Waals surface area contributed by atoms with Crippen molar-refractivity contribution in [2.45, 2.75) is 50.2 Å². The molecule has 0 amide bonds. The Balaban J connectivity index is 1.64. The van der Waals surface area contributed by atoms with Crippen LogP contribution in [0.1, 0.15) is 32.1 Å². The van der Waals surface area contributed by atoms with Crippen LogP contribution in [0.2, 0.25) is 0 Å². The number of hydrogen-bond acceptors (Lipinski definition) is 3. The van der Waals surface area contributed by atoms with Crippen molar-refractivity contribution < 1.29 is 0 Å². The molecule has 0 bridgehead atoms. The van der Waals surface area contributed by atoms with Crippen LogP contribution >= 0.6 is 0 Å². The Labute approximate surface area is 99.2 Å². The zero-order valence-electron chi connectivity index (χ0n) is 10.5. The highest BCUT2D eigenvalue weighted by molar-refractivity contribution is 4.96. The van der Waals surface area contributed by atoms with Gasteiger partial charge in [0.2, 0.25) is 0 Å². The molecule has 0 aromatic rings. The summed E-state index contributed by atoms with van der Waals surface area (Å²) in [7, 11) is 2.26. The Kier molecular flexibility index (Phi) is 3.18. The Morgan fingerprint density at radius 2 is 2.00 bits per heavy atom. The van der Waals surface area contributed by atoms with Crippen LogP contribution in [-0.4, -0.2) is 61.2 Å². The van der Waals surface area contributed by atoms with Crippen molar-refractivity contribution in [2.24, 2.45) is 0 Å². The van der Waals surface area contributed by atoms with E-state index in [1.54, 1.807) is 0 Å². The lowest BCUT2D eigenvalue weighted by atomic mass is 10.0.